The van der Waals surface area contributed by atoms with Crippen molar-refractivity contribution < 1.29 is 29.1 Å². The molecule has 1 aromatic heterocycles. The molecule has 1 saturated heterocycles. The third-order valence-corrected chi connectivity index (χ3v) is 7.15. The van der Waals surface area contributed by atoms with Crippen molar-refractivity contribution in [3.63, 3.8) is 0 Å². The summed E-state index contributed by atoms with van der Waals surface area (Å²) in [5.74, 6) is -3.40. The minimum absolute atomic E-state index is 0.0185. The van der Waals surface area contributed by atoms with Gasteiger partial charge in [-0.25, -0.2) is 4.79 Å². The lowest BCUT2D eigenvalue weighted by molar-refractivity contribution is -0.145. The maximum atomic E-state index is 13.9. The number of para-hydroxylation sites is 1. The molecule has 2 aromatic rings. The number of nitrogens with one attached hydrogen (secondary N) is 3. The minimum atomic E-state index is -1.16. The number of carboxylic acid groups (broad SMARTS) is 1. The van der Waals surface area contributed by atoms with Gasteiger partial charge in [0.1, 0.15) is 18.1 Å². The van der Waals surface area contributed by atoms with E-state index in [-0.39, 0.29) is 32.2 Å². The number of hydrogen-bond acceptors (Lipinski definition) is 7. The Hall–Kier alpha value is -3.97. The first-order valence-corrected chi connectivity index (χ1v) is 13.5. The molecule has 0 aliphatic carbocycles. The van der Waals surface area contributed by atoms with Gasteiger partial charge in [0.25, 0.3) is 0 Å². The summed E-state index contributed by atoms with van der Waals surface area (Å²) >= 11 is 0. The first kappa shape index (κ1) is 30.6. The molecule has 0 spiro atoms. The number of H-pyrrole nitrogens is 1. The minimum Gasteiger partial charge on any atom is -0.480 e. The van der Waals surface area contributed by atoms with Crippen LogP contribution in [0.5, 0.6) is 0 Å². The molecule has 13 nitrogen and oxygen atoms in total. The maximum Gasteiger partial charge on any atom is 0.326 e. The van der Waals surface area contributed by atoms with Gasteiger partial charge >= 0.3 is 5.97 Å². The quantitative estimate of drug-likeness (QED) is 0.141. The molecule has 10 N–H and O–H groups in total. The van der Waals surface area contributed by atoms with Gasteiger partial charge in [-0.15, -0.1) is 0 Å². The summed E-state index contributed by atoms with van der Waals surface area (Å²) in [4.78, 5) is 67.3. The summed E-state index contributed by atoms with van der Waals surface area (Å²) in [6.45, 7) is 0.691. The second kappa shape index (κ2) is 14.4. The first-order chi connectivity index (χ1) is 19.1. The Morgan fingerprint density at radius 1 is 1.07 bits per heavy atom. The van der Waals surface area contributed by atoms with Crippen molar-refractivity contribution in [2.24, 2.45) is 17.2 Å². The van der Waals surface area contributed by atoms with Gasteiger partial charge in [-0.1, -0.05) is 18.2 Å². The number of fused-ring (bicyclic) bond motifs is 1. The number of nitrogens with two attached hydrogens (primary N) is 3. The Morgan fingerprint density at radius 3 is 2.52 bits per heavy atom. The average molecular weight is 558 g/mol. The Kier molecular flexibility index (Phi) is 11.0. The molecule has 1 aromatic carbocycles. The van der Waals surface area contributed by atoms with E-state index in [1.165, 1.54) is 4.90 Å². The Bertz CT molecular complexity index is 1210. The Morgan fingerprint density at radius 2 is 1.82 bits per heavy atom. The zero-order chi connectivity index (χ0) is 29.2. The number of carbonyl (C=O) groups is 5. The van der Waals surface area contributed by atoms with Gasteiger partial charge in [-0.2, -0.15) is 0 Å². The number of nitrogens with zero attached hydrogens (tertiary/aromatic N) is 1. The van der Waals surface area contributed by atoms with Crippen molar-refractivity contribution in [3.05, 3.63) is 36.0 Å². The van der Waals surface area contributed by atoms with Crippen LogP contribution in [-0.4, -0.2) is 81.8 Å². The van der Waals surface area contributed by atoms with Crippen molar-refractivity contribution in [3.8, 4) is 0 Å². The monoisotopic (exact) mass is 557 g/mol. The number of aromatic nitrogens is 1. The van der Waals surface area contributed by atoms with Crippen LogP contribution in [0.4, 0.5) is 0 Å². The van der Waals surface area contributed by atoms with Crippen LogP contribution in [0.2, 0.25) is 0 Å². The van der Waals surface area contributed by atoms with Gasteiger partial charge in [-0.05, 0) is 56.7 Å². The van der Waals surface area contributed by atoms with Crippen LogP contribution in [-0.2, 0) is 30.4 Å². The van der Waals surface area contributed by atoms with E-state index in [0.717, 1.165) is 16.5 Å². The number of aromatic amines is 1. The normalized spacial score (nSPS) is 17.2. The summed E-state index contributed by atoms with van der Waals surface area (Å²) in [6.07, 6.45) is 4.11. The fourth-order valence-corrected chi connectivity index (χ4v) is 4.95. The van der Waals surface area contributed by atoms with E-state index in [9.17, 15) is 29.1 Å². The second-order valence-corrected chi connectivity index (χ2v) is 10.1. The highest BCUT2D eigenvalue weighted by Crippen LogP contribution is 2.23. The van der Waals surface area contributed by atoms with Crippen LogP contribution in [0, 0.1) is 0 Å². The number of benzene rings is 1. The van der Waals surface area contributed by atoms with Crippen LogP contribution < -0.4 is 27.8 Å². The molecule has 1 fully saturated rings. The summed E-state index contributed by atoms with van der Waals surface area (Å²) < 4.78 is 0. The topological polar surface area (TPSA) is 227 Å². The number of hydrogen-bond donors (Lipinski definition) is 7. The van der Waals surface area contributed by atoms with Crippen molar-refractivity contribution >= 4 is 40.5 Å². The highest BCUT2D eigenvalue weighted by Gasteiger charge is 2.39. The lowest BCUT2D eigenvalue weighted by Gasteiger charge is -2.30. The largest absolute Gasteiger partial charge is 0.480 e. The molecule has 40 heavy (non-hydrogen) atoms. The molecule has 0 radical (unpaired) electrons. The number of aliphatic carboxylic acids is 1. The smallest absolute Gasteiger partial charge is 0.326 e. The third-order valence-electron chi connectivity index (χ3n) is 7.15. The highest BCUT2D eigenvalue weighted by atomic mass is 16.4. The summed E-state index contributed by atoms with van der Waals surface area (Å²) in [5.41, 5.74) is 18.3. The van der Waals surface area contributed by atoms with Gasteiger partial charge in [0, 0.05) is 36.5 Å². The molecule has 0 bridgehead atoms. The fraction of sp³-hybridized carbons (Fsp3) is 0.519. The molecule has 0 saturated carbocycles. The second-order valence-electron chi connectivity index (χ2n) is 10.1. The first-order valence-electron chi connectivity index (χ1n) is 13.5. The van der Waals surface area contributed by atoms with Crippen LogP contribution >= 0.6 is 0 Å². The van der Waals surface area contributed by atoms with Gasteiger partial charge in [0.2, 0.25) is 23.6 Å². The lowest BCUT2D eigenvalue weighted by Crippen LogP contribution is -2.57. The average Bonchev–Trinajstić information content (AvgIpc) is 3.58. The number of likely N-dealkylation sites (tertiary alicyclic amines) is 1. The van der Waals surface area contributed by atoms with E-state index < -0.39 is 53.8 Å². The molecule has 4 amide bonds. The molecule has 3 rings (SSSR count). The summed E-state index contributed by atoms with van der Waals surface area (Å²) in [7, 11) is 0. The number of carboxylic acids is 1. The van der Waals surface area contributed by atoms with Gasteiger partial charge in [0.05, 0.1) is 6.04 Å². The van der Waals surface area contributed by atoms with Crippen molar-refractivity contribution in [2.75, 3.05) is 13.1 Å². The molecule has 218 valence electrons. The number of amides is 4. The number of carbonyl (C=O) groups excluding carboxylic acids is 4. The van der Waals surface area contributed by atoms with Gasteiger partial charge in [-0.3, -0.25) is 19.2 Å². The zero-order valence-corrected chi connectivity index (χ0v) is 22.4. The van der Waals surface area contributed by atoms with E-state index in [1.54, 1.807) is 6.20 Å². The highest BCUT2D eigenvalue weighted by molar-refractivity contribution is 5.95. The Labute approximate surface area is 232 Å². The predicted octanol–water partition coefficient (Wildman–Crippen LogP) is -0.523. The summed E-state index contributed by atoms with van der Waals surface area (Å²) in [6, 6.07) is 3.43. The lowest BCUT2D eigenvalue weighted by atomic mass is 10.0. The molecule has 13 heteroatoms. The van der Waals surface area contributed by atoms with E-state index in [0.29, 0.717) is 32.2 Å². The van der Waals surface area contributed by atoms with Crippen LogP contribution in [0.3, 0.4) is 0 Å². The molecule has 1 aliphatic heterocycles. The van der Waals surface area contributed by atoms with E-state index in [1.807, 2.05) is 24.3 Å². The Balaban J connectivity index is 1.79. The molecule has 4 unspecified atom stereocenters. The zero-order valence-electron chi connectivity index (χ0n) is 22.4. The summed E-state index contributed by atoms with van der Waals surface area (Å²) in [5, 5.41) is 15.7. The van der Waals surface area contributed by atoms with Crippen LogP contribution in [0.1, 0.15) is 50.5 Å². The van der Waals surface area contributed by atoms with E-state index >= 15 is 0 Å². The molecule has 1 aliphatic rings. The van der Waals surface area contributed by atoms with Crippen molar-refractivity contribution in [2.45, 2.75) is 75.5 Å². The predicted molar refractivity (Wildman–Crippen MR) is 148 cm³/mol. The van der Waals surface area contributed by atoms with Crippen LogP contribution in [0.15, 0.2) is 30.5 Å². The molecular weight excluding hydrogens is 518 g/mol. The number of rotatable bonds is 15. The van der Waals surface area contributed by atoms with Crippen molar-refractivity contribution in [1.29, 1.82) is 0 Å². The SMILES string of the molecule is NCCCCC(NC(=O)C1CCCN1C(=O)C(Cc1c[nH]c2ccccc12)NC(=O)C(N)CCC(N)=O)C(=O)O. The molecular formula is C27H39N7O6. The van der Waals surface area contributed by atoms with Crippen LogP contribution in [0.25, 0.3) is 10.9 Å². The standard InChI is InChI=1S/C27H39N7O6/c28-12-4-3-8-20(27(39)40)32-25(37)22-9-5-13-34(22)26(38)21(33-24(36)18(29)10-11-23(30)35)14-16-15-31-19-7-2-1-6-17(16)19/h1-2,6-7,15,18,20-22,31H,3-5,8-14,28-29H2,(H2,30,35)(H,32,37)(H,33,36)(H,39,40). The maximum absolute atomic E-state index is 13.9. The third kappa shape index (κ3) is 8.02. The van der Waals surface area contributed by atoms with E-state index in [4.69, 9.17) is 17.2 Å². The number of unbranched alkanes of at least 4 members (excludes halogenated alkanes) is 1. The van der Waals surface area contributed by atoms with Crippen molar-refractivity contribution in [1.82, 2.24) is 20.5 Å². The molecule has 2 heterocycles. The fourth-order valence-electron chi connectivity index (χ4n) is 4.95. The number of primary amides is 1. The van der Waals surface area contributed by atoms with E-state index in [2.05, 4.69) is 15.6 Å². The molecule has 4 atom stereocenters. The van der Waals surface area contributed by atoms with Gasteiger partial charge < -0.3 is 42.8 Å². The van der Waals surface area contributed by atoms with Gasteiger partial charge in [0.15, 0.2) is 0 Å².